The van der Waals surface area contributed by atoms with Gasteiger partial charge in [-0.15, -0.1) is 11.3 Å². The average Bonchev–Trinajstić information content (AvgIpc) is 3.31. The van der Waals surface area contributed by atoms with Crippen LogP contribution in [-0.2, 0) is 0 Å². The molecule has 2 heterocycles. The molecule has 1 atom stereocenters. The maximum Gasteiger partial charge on any atom is 0.255 e. The molecular formula is C25H29ClN2O2S. The third kappa shape index (κ3) is 4.74. The first-order valence-electron chi connectivity index (χ1n) is 10.8. The number of amides is 1. The number of halogens is 1. The largest absolute Gasteiger partial charge is 0.461 e. The van der Waals surface area contributed by atoms with Crippen LogP contribution in [-0.4, -0.2) is 11.9 Å². The van der Waals surface area contributed by atoms with Gasteiger partial charge in [0.05, 0.1) is 5.56 Å². The fourth-order valence-corrected chi connectivity index (χ4v) is 5.71. The highest BCUT2D eigenvalue weighted by Gasteiger charge is 2.29. The molecule has 31 heavy (non-hydrogen) atoms. The molecule has 1 fully saturated rings. The Morgan fingerprint density at radius 3 is 2.45 bits per heavy atom. The Morgan fingerprint density at radius 2 is 1.84 bits per heavy atom. The molecule has 3 aromatic rings. The molecule has 6 heteroatoms. The molecule has 0 bridgehead atoms. The molecule has 1 aliphatic rings. The van der Waals surface area contributed by atoms with Crippen LogP contribution in [0.4, 0.5) is 0 Å². The lowest BCUT2D eigenvalue weighted by molar-refractivity contribution is 0.0918. The van der Waals surface area contributed by atoms with E-state index in [2.05, 4.69) is 24.5 Å². The average molecular weight is 457 g/mol. The summed E-state index contributed by atoms with van der Waals surface area (Å²) >= 11 is 7.74. The molecule has 1 unspecified atom stereocenters. The van der Waals surface area contributed by atoms with E-state index < -0.39 is 0 Å². The zero-order valence-electron chi connectivity index (χ0n) is 18.2. The zero-order chi connectivity index (χ0) is 22.1. The van der Waals surface area contributed by atoms with E-state index >= 15 is 0 Å². The molecule has 0 saturated heterocycles. The number of hydrogen-bond donors (Lipinski definition) is 2. The third-order valence-corrected chi connectivity index (χ3v) is 8.09. The van der Waals surface area contributed by atoms with Crippen LogP contribution in [0.5, 0.6) is 0 Å². The first-order chi connectivity index (χ1) is 14.8. The summed E-state index contributed by atoms with van der Waals surface area (Å²) in [7, 11) is 0. The molecular weight excluding hydrogens is 428 g/mol. The number of hydrogen-bond acceptors (Lipinski definition) is 4. The van der Waals surface area contributed by atoms with Crippen LogP contribution in [0.2, 0.25) is 5.02 Å². The number of benzene rings is 1. The van der Waals surface area contributed by atoms with Crippen LogP contribution < -0.4 is 11.1 Å². The summed E-state index contributed by atoms with van der Waals surface area (Å²) in [6.45, 7) is 6.14. The van der Waals surface area contributed by atoms with Crippen molar-refractivity contribution in [1.29, 1.82) is 0 Å². The fraction of sp³-hybridized carbons (Fsp3) is 0.400. The summed E-state index contributed by atoms with van der Waals surface area (Å²) in [6, 6.07) is 9.50. The topological polar surface area (TPSA) is 68.3 Å². The van der Waals surface area contributed by atoms with Crippen molar-refractivity contribution in [2.45, 2.75) is 58.5 Å². The second-order valence-corrected chi connectivity index (χ2v) is 9.95. The van der Waals surface area contributed by atoms with Gasteiger partial charge in [-0.2, -0.15) is 0 Å². The summed E-state index contributed by atoms with van der Waals surface area (Å²) in [6.07, 6.45) is 3.97. The maximum absolute atomic E-state index is 12.9. The van der Waals surface area contributed by atoms with Gasteiger partial charge in [0.1, 0.15) is 11.5 Å². The van der Waals surface area contributed by atoms with Gasteiger partial charge < -0.3 is 15.5 Å². The molecule has 164 valence electrons. The van der Waals surface area contributed by atoms with Crippen molar-refractivity contribution in [3.05, 3.63) is 68.1 Å². The van der Waals surface area contributed by atoms with E-state index in [0.29, 0.717) is 28.0 Å². The summed E-state index contributed by atoms with van der Waals surface area (Å²) in [5.41, 5.74) is 10.8. The van der Waals surface area contributed by atoms with Crippen molar-refractivity contribution >= 4 is 28.8 Å². The number of carbonyl (C=O) groups is 1. The summed E-state index contributed by atoms with van der Waals surface area (Å²) < 4.78 is 5.84. The predicted octanol–water partition coefficient (Wildman–Crippen LogP) is 6.58. The number of thiophene rings is 1. The first-order valence-corrected chi connectivity index (χ1v) is 12.1. The van der Waals surface area contributed by atoms with E-state index in [9.17, 15) is 4.79 Å². The second-order valence-electron chi connectivity index (χ2n) is 8.61. The Kier molecular flexibility index (Phi) is 6.56. The normalized spacial score (nSPS) is 19.9. The standard InChI is InChI=1S/C25H29ClN2O2S/c1-14-13-31-24(15(14)2)23(27)18-6-10-20(11-7-18)28-25(29)21-12-22(30-16(21)3)17-4-8-19(26)9-5-17/h4-5,8-9,12-13,18,20,23H,6-7,10-11,27H2,1-3H3,(H,28,29). The van der Waals surface area contributed by atoms with E-state index in [4.69, 9.17) is 21.8 Å². The second kappa shape index (κ2) is 9.19. The lowest BCUT2D eigenvalue weighted by atomic mass is 9.80. The van der Waals surface area contributed by atoms with Crippen LogP contribution in [0.1, 0.15) is 63.8 Å². The summed E-state index contributed by atoms with van der Waals surface area (Å²) in [5.74, 6) is 1.70. The van der Waals surface area contributed by atoms with Crippen molar-refractivity contribution in [3.8, 4) is 11.3 Å². The van der Waals surface area contributed by atoms with Crippen molar-refractivity contribution < 1.29 is 9.21 Å². The van der Waals surface area contributed by atoms with Crippen LogP contribution in [0.15, 0.2) is 40.1 Å². The Balaban J connectivity index is 1.36. The van der Waals surface area contributed by atoms with Crippen molar-refractivity contribution in [3.63, 3.8) is 0 Å². The fourth-order valence-electron chi connectivity index (χ4n) is 4.42. The zero-order valence-corrected chi connectivity index (χ0v) is 19.8. The number of rotatable bonds is 5. The molecule has 2 aromatic heterocycles. The van der Waals surface area contributed by atoms with Crippen molar-refractivity contribution in [2.75, 3.05) is 0 Å². The van der Waals surface area contributed by atoms with Gasteiger partial charge >= 0.3 is 0 Å². The molecule has 4 rings (SSSR count). The lowest BCUT2D eigenvalue weighted by Gasteiger charge is -2.32. The molecule has 1 aliphatic carbocycles. The molecule has 1 aromatic carbocycles. The van der Waals surface area contributed by atoms with E-state index in [-0.39, 0.29) is 18.0 Å². The van der Waals surface area contributed by atoms with Crippen LogP contribution >= 0.6 is 22.9 Å². The van der Waals surface area contributed by atoms with E-state index in [1.807, 2.05) is 37.3 Å². The Morgan fingerprint density at radius 1 is 1.16 bits per heavy atom. The molecule has 1 saturated carbocycles. The molecule has 0 spiro atoms. The number of aryl methyl sites for hydroxylation is 2. The van der Waals surface area contributed by atoms with Crippen molar-refractivity contribution in [2.24, 2.45) is 11.7 Å². The Hall–Kier alpha value is -2.08. The minimum Gasteiger partial charge on any atom is -0.461 e. The third-order valence-electron chi connectivity index (χ3n) is 6.53. The quantitative estimate of drug-likeness (QED) is 0.455. The van der Waals surface area contributed by atoms with E-state index in [0.717, 1.165) is 31.2 Å². The lowest BCUT2D eigenvalue weighted by Crippen LogP contribution is -2.39. The van der Waals surface area contributed by atoms with Gasteiger partial charge in [0.15, 0.2) is 0 Å². The summed E-state index contributed by atoms with van der Waals surface area (Å²) in [5, 5.41) is 6.07. The molecule has 3 N–H and O–H groups in total. The molecule has 1 amide bonds. The van der Waals surface area contributed by atoms with Crippen LogP contribution in [0, 0.1) is 26.7 Å². The monoisotopic (exact) mass is 456 g/mol. The number of furan rings is 1. The van der Waals surface area contributed by atoms with Crippen LogP contribution in [0.3, 0.4) is 0 Å². The number of carbonyl (C=O) groups excluding carboxylic acids is 1. The minimum absolute atomic E-state index is 0.0704. The minimum atomic E-state index is -0.0704. The highest BCUT2D eigenvalue weighted by molar-refractivity contribution is 7.10. The Bertz CT molecular complexity index is 1060. The van der Waals surface area contributed by atoms with Gasteiger partial charge in [-0.25, -0.2) is 0 Å². The van der Waals surface area contributed by atoms with Crippen molar-refractivity contribution in [1.82, 2.24) is 5.32 Å². The van der Waals surface area contributed by atoms with Gasteiger partial charge in [-0.1, -0.05) is 11.6 Å². The van der Waals surface area contributed by atoms with E-state index in [1.165, 1.54) is 16.0 Å². The highest BCUT2D eigenvalue weighted by Crippen LogP contribution is 2.37. The van der Waals surface area contributed by atoms with Crippen LogP contribution in [0.25, 0.3) is 11.3 Å². The summed E-state index contributed by atoms with van der Waals surface area (Å²) in [4.78, 5) is 14.2. The molecule has 0 aliphatic heterocycles. The number of nitrogens with one attached hydrogen (secondary N) is 1. The first kappa shape index (κ1) is 22.1. The maximum atomic E-state index is 12.9. The van der Waals surface area contributed by atoms with Gasteiger partial charge in [0, 0.05) is 27.5 Å². The van der Waals surface area contributed by atoms with E-state index in [1.54, 1.807) is 11.3 Å². The molecule has 4 nitrogen and oxygen atoms in total. The van der Waals surface area contributed by atoms with Gasteiger partial charge in [0.2, 0.25) is 0 Å². The highest BCUT2D eigenvalue weighted by atomic mass is 35.5. The van der Waals surface area contributed by atoms with Gasteiger partial charge in [-0.3, -0.25) is 4.79 Å². The SMILES string of the molecule is Cc1csc(C(N)C2CCC(NC(=O)c3cc(-c4ccc(Cl)cc4)oc3C)CC2)c1C. The molecule has 0 radical (unpaired) electrons. The Labute approximate surface area is 192 Å². The van der Waals surface area contributed by atoms with Gasteiger partial charge in [-0.05, 0) is 99.2 Å². The number of nitrogens with two attached hydrogens (primary N) is 1. The predicted molar refractivity (Wildman–Crippen MR) is 128 cm³/mol. The van der Waals surface area contributed by atoms with Gasteiger partial charge in [0.25, 0.3) is 5.91 Å². The smallest absolute Gasteiger partial charge is 0.255 e.